The second-order valence-electron chi connectivity index (χ2n) is 2.03. The van der Waals surface area contributed by atoms with Crippen LogP contribution in [0.4, 0.5) is 0 Å². The zero-order valence-electron chi connectivity index (χ0n) is 6.07. The van der Waals surface area contributed by atoms with Gasteiger partial charge in [0.1, 0.15) is 0 Å². The molecular formula is C7H6ClN3O. The van der Waals surface area contributed by atoms with Crippen LogP contribution in [0.25, 0.3) is 0 Å². The van der Waals surface area contributed by atoms with Gasteiger partial charge in [-0.15, -0.1) is 0 Å². The number of hydrogen-bond acceptors (Lipinski definition) is 3. The van der Waals surface area contributed by atoms with Crippen LogP contribution in [0.1, 0.15) is 10.4 Å². The van der Waals surface area contributed by atoms with Crippen LogP contribution >= 0.6 is 11.8 Å². The number of aromatic nitrogens is 1. The van der Waals surface area contributed by atoms with Crippen molar-refractivity contribution in [3.05, 3.63) is 30.1 Å². The number of carbonyl (C=O) groups excluding carboxylic acids is 1. The molecule has 0 saturated heterocycles. The van der Waals surface area contributed by atoms with Crippen LogP contribution in [-0.4, -0.2) is 16.6 Å². The molecule has 0 saturated carbocycles. The quantitative estimate of drug-likeness (QED) is 0.419. The van der Waals surface area contributed by atoms with E-state index >= 15 is 0 Å². The van der Waals surface area contributed by atoms with E-state index in [2.05, 4.69) is 9.50 Å². The lowest BCUT2D eigenvalue weighted by Crippen LogP contribution is -2.22. The number of rotatable bonds is 2. The van der Waals surface area contributed by atoms with Gasteiger partial charge in [0.05, 0.1) is 0 Å². The zero-order chi connectivity index (χ0) is 8.97. The van der Waals surface area contributed by atoms with Crippen molar-refractivity contribution in [2.75, 3.05) is 0 Å². The van der Waals surface area contributed by atoms with E-state index in [-0.39, 0.29) is 5.84 Å². The molecule has 0 spiro atoms. The third-order valence-electron chi connectivity index (χ3n) is 1.27. The van der Waals surface area contributed by atoms with E-state index in [4.69, 9.17) is 17.5 Å². The highest BCUT2D eigenvalue weighted by atomic mass is 35.5. The van der Waals surface area contributed by atoms with Gasteiger partial charge >= 0.3 is 0 Å². The molecule has 12 heavy (non-hydrogen) atoms. The van der Waals surface area contributed by atoms with E-state index in [1.165, 1.54) is 24.5 Å². The first-order chi connectivity index (χ1) is 5.75. The number of halogens is 1. The Labute approximate surface area is 74.2 Å². The van der Waals surface area contributed by atoms with Crippen LogP contribution in [-0.2, 0) is 0 Å². The molecule has 0 aliphatic rings. The Balaban J connectivity index is 2.94. The average Bonchev–Trinajstić information content (AvgIpc) is 2.17. The molecule has 0 bridgehead atoms. The van der Waals surface area contributed by atoms with Crippen molar-refractivity contribution < 1.29 is 4.79 Å². The van der Waals surface area contributed by atoms with Crippen molar-refractivity contribution in [2.24, 2.45) is 10.2 Å². The van der Waals surface area contributed by atoms with Gasteiger partial charge in [-0.25, -0.2) is 0 Å². The highest BCUT2D eigenvalue weighted by molar-refractivity contribution is 6.47. The minimum atomic E-state index is -0.396. The zero-order valence-corrected chi connectivity index (χ0v) is 6.82. The summed E-state index contributed by atoms with van der Waals surface area (Å²) in [4.78, 5) is 15.0. The molecule has 1 heterocycles. The SMILES string of the molecule is N/C(=N\Cl)C(=O)c1ccncc1. The van der Waals surface area contributed by atoms with Crippen molar-refractivity contribution in [3.63, 3.8) is 0 Å². The van der Waals surface area contributed by atoms with E-state index in [1.54, 1.807) is 0 Å². The molecule has 0 aliphatic heterocycles. The molecule has 4 nitrogen and oxygen atoms in total. The lowest BCUT2D eigenvalue weighted by molar-refractivity contribution is 0.106. The maximum absolute atomic E-state index is 11.2. The Hall–Kier alpha value is -1.42. The van der Waals surface area contributed by atoms with Gasteiger partial charge < -0.3 is 5.73 Å². The third-order valence-corrected chi connectivity index (χ3v) is 1.45. The molecular weight excluding hydrogens is 178 g/mol. The molecule has 0 unspecified atom stereocenters. The third kappa shape index (κ3) is 1.79. The van der Waals surface area contributed by atoms with E-state index in [0.717, 1.165) is 0 Å². The standard InChI is InChI=1S/C7H6ClN3O/c8-11-7(9)6(12)5-1-3-10-4-2-5/h1-4H,(H2,9,11). The first kappa shape index (κ1) is 8.67. The van der Waals surface area contributed by atoms with Crippen LogP contribution in [0.2, 0.25) is 0 Å². The maximum Gasteiger partial charge on any atom is 0.228 e. The van der Waals surface area contributed by atoms with Gasteiger partial charge in [-0.3, -0.25) is 9.78 Å². The van der Waals surface area contributed by atoms with E-state index in [0.29, 0.717) is 5.56 Å². The summed E-state index contributed by atoms with van der Waals surface area (Å²) < 4.78 is 3.06. The van der Waals surface area contributed by atoms with Gasteiger partial charge in [0.15, 0.2) is 5.84 Å². The predicted molar refractivity (Wildman–Crippen MR) is 46.0 cm³/mol. The molecule has 5 heteroatoms. The number of pyridine rings is 1. The molecule has 1 aromatic heterocycles. The number of amidine groups is 1. The minimum Gasteiger partial charge on any atom is -0.380 e. The Bertz CT molecular complexity index is 310. The molecule has 1 aromatic rings. The van der Waals surface area contributed by atoms with Crippen LogP contribution in [0.15, 0.2) is 29.0 Å². The van der Waals surface area contributed by atoms with Crippen LogP contribution in [0, 0.1) is 0 Å². The predicted octanol–water partition coefficient (Wildman–Crippen LogP) is 0.775. The molecule has 0 atom stereocenters. The van der Waals surface area contributed by atoms with Crippen LogP contribution < -0.4 is 5.73 Å². The fraction of sp³-hybridized carbons (Fsp3) is 0. The monoisotopic (exact) mass is 183 g/mol. The highest BCUT2D eigenvalue weighted by Gasteiger charge is 2.08. The number of hydrogen-bond donors (Lipinski definition) is 1. The normalized spacial score (nSPS) is 11.2. The van der Waals surface area contributed by atoms with Crippen LogP contribution in [0.3, 0.4) is 0 Å². The molecule has 0 aliphatic carbocycles. The molecule has 0 amide bonds. The molecule has 0 radical (unpaired) electrons. The van der Waals surface area contributed by atoms with Gasteiger partial charge in [-0.2, -0.15) is 4.51 Å². The van der Waals surface area contributed by atoms with Crippen molar-refractivity contribution in [1.29, 1.82) is 0 Å². The summed E-state index contributed by atoms with van der Waals surface area (Å²) in [6, 6.07) is 3.08. The second kappa shape index (κ2) is 3.82. The Morgan fingerprint density at radius 1 is 1.50 bits per heavy atom. The summed E-state index contributed by atoms with van der Waals surface area (Å²) in [5.41, 5.74) is 5.62. The van der Waals surface area contributed by atoms with Gasteiger partial charge in [0.25, 0.3) is 0 Å². The van der Waals surface area contributed by atoms with Gasteiger partial charge in [-0.1, -0.05) is 0 Å². The Morgan fingerprint density at radius 3 is 2.58 bits per heavy atom. The number of carbonyl (C=O) groups is 1. The first-order valence-corrected chi connectivity index (χ1v) is 3.48. The molecule has 62 valence electrons. The minimum absolute atomic E-state index is 0.220. The first-order valence-electron chi connectivity index (χ1n) is 3.15. The summed E-state index contributed by atoms with van der Waals surface area (Å²) in [5.74, 6) is -0.615. The second-order valence-corrected chi connectivity index (χ2v) is 2.20. The lowest BCUT2D eigenvalue weighted by Gasteiger charge is -1.95. The van der Waals surface area contributed by atoms with Gasteiger partial charge in [-0.05, 0) is 12.1 Å². The summed E-state index contributed by atoms with van der Waals surface area (Å²) >= 11 is 5.02. The number of nitrogens with two attached hydrogens (primary N) is 1. The van der Waals surface area contributed by atoms with Gasteiger partial charge in [0.2, 0.25) is 5.78 Å². The summed E-state index contributed by atoms with van der Waals surface area (Å²) in [5, 5.41) is 0. The molecule has 0 fully saturated rings. The summed E-state index contributed by atoms with van der Waals surface area (Å²) in [6.07, 6.45) is 2.99. The molecule has 1 rings (SSSR count). The summed E-state index contributed by atoms with van der Waals surface area (Å²) in [7, 11) is 0. The Morgan fingerprint density at radius 2 is 2.08 bits per heavy atom. The summed E-state index contributed by atoms with van der Waals surface area (Å²) in [6.45, 7) is 0. The van der Waals surface area contributed by atoms with Crippen molar-refractivity contribution in [2.45, 2.75) is 0 Å². The number of ketones is 1. The average molecular weight is 184 g/mol. The van der Waals surface area contributed by atoms with Crippen molar-refractivity contribution in [3.8, 4) is 0 Å². The largest absolute Gasteiger partial charge is 0.380 e. The van der Waals surface area contributed by atoms with E-state index in [9.17, 15) is 4.79 Å². The van der Waals surface area contributed by atoms with Gasteiger partial charge in [0, 0.05) is 29.7 Å². The molecule has 0 aromatic carbocycles. The highest BCUT2D eigenvalue weighted by Crippen LogP contribution is 1.98. The van der Waals surface area contributed by atoms with Crippen molar-refractivity contribution in [1.82, 2.24) is 4.98 Å². The van der Waals surface area contributed by atoms with E-state index in [1.807, 2.05) is 0 Å². The molecule has 2 N–H and O–H groups in total. The van der Waals surface area contributed by atoms with E-state index < -0.39 is 5.78 Å². The number of nitrogens with zero attached hydrogens (tertiary/aromatic N) is 2. The fourth-order valence-corrected chi connectivity index (χ4v) is 0.766. The smallest absolute Gasteiger partial charge is 0.228 e. The Kier molecular flexibility index (Phi) is 2.76. The lowest BCUT2D eigenvalue weighted by atomic mass is 10.2. The number of Topliss-reactive ketones (excluding diaryl/α,β-unsaturated/α-hetero) is 1. The fourth-order valence-electron chi connectivity index (χ4n) is 0.690. The van der Waals surface area contributed by atoms with Crippen LogP contribution in [0.5, 0.6) is 0 Å². The maximum atomic E-state index is 11.2. The topological polar surface area (TPSA) is 68.3 Å². The van der Waals surface area contributed by atoms with Crippen molar-refractivity contribution >= 4 is 23.4 Å².